The topological polar surface area (TPSA) is 199 Å². The first-order valence-corrected chi connectivity index (χ1v) is 7.65. The number of carbonyl (C=O) groups excluding carboxylic acids is 3. The van der Waals surface area contributed by atoms with E-state index in [-0.39, 0.29) is 11.3 Å². The van der Waals surface area contributed by atoms with Crippen LogP contribution in [0.5, 0.6) is 0 Å². The number of carboxylic acid groups (broad SMARTS) is 1. The predicted molar refractivity (Wildman–Crippen MR) is 91.0 cm³/mol. The number of benzene rings is 1. The average Bonchev–Trinajstić information content (AvgIpc) is 2.62. The Morgan fingerprint density at radius 3 is 2.19 bits per heavy atom. The SMILES string of the molecule is CC(N)C(=O)NCC(=O)N(C(=O)CN)C(C(=O)O)c1ccc([N+](=O)[O-])cc1. The van der Waals surface area contributed by atoms with Gasteiger partial charge < -0.3 is 21.9 Å². The molecule has 0 radical (unpaired) electrons. The number of nitrogens with one attached hydrogen (secondary N) is 1. The number of carboxylic acids is 1. The van der Waals surface area contributed by atoms with Crippen LogP contribution in [0.15, 0.2) is 24.3 Å². The summed E-state index contributed by atoms with van der Waals surface area (Å²) in [6, 6.07) is 1.61. The highest BCUT2D eigenvalue weighted by molar-refractivity contribution is 6.02. The molecule has 2 atom stereocenters. The van der Waals surface area contributed by atoms with E-state index in [1.807, 2.05) is 0 Å². The van der Waals surface area contributed by atoms with Gasteiger partial charge in [0.1, 0.15) is 0 Å². The van der Waals surface area contributed by atoms with E-state index in [1.165, 1.54) is 6.92 Å². The number of aliphatic carboxylic acids is 1. The Labute approximate surface area is 153 Å². The van der Waals surface area contributed by atoms with Gasteiger partial charge in [0.15, 0.2) is 6.04 Å². The van der Waals surface area contributed by atoms with E-state index in [9.17, 15) is 34.4 Å². The molecule has 146 valence electrons. The van der Waals surface area contributed by atoms with Crippen molar-refractivity contribution >= 4 is 29.4 Å². The first-order valence-electron chi connectivity index (χ1n) is 7.65. The zero-order valence-corrected chi connectivity index (χ0v) is 14.3. The molecule has 0 aliphatic rings. The van der Waals surface area contributed by atoms with Gasteiger partial charge in [0, 0.05) is 12.1 Å². The Kier molecular flexibility index (Phi) is 7.50. The normalized spacial score (nSPS) is 12.6. The molecule has 27 heavy (non-hydrogen) atoms. The van der Waals surface area contributed by atoms with Crippen molar-refractivity contribution in [2.45, 2.75) is 19.0 Å². The van der Waals surface area contributed by atoms with Gasteiger partial charge in [-0.25, -0.2) is 4.79 Å². The summed E-state index contributed by atoms with van der Waals surface area (Å²) in [7, 11) is 0. The van der Waals surface area contributed by atoms with Crippen LogP contribution in [0.3, 0.4) is 0 Å². The fourth-order valence-electron chi connectivity index (χ4n) is 2.11. The summed E-state index contributed by atoms with van der Waals surface area (Å²) < 4.78 is 0. The first-order chi connectivity index (χ1) is 12.6. The van der Waals surface area contributed by atoms with Crippen molar-refractivity contribution < 1.29 is 29.2 Å². The van der Waals surface area contributed by atoms with Gasteiger partial charge in [0.25, 0.3) is 5.69 Å². The smallest absolute Gasteiger partial charge is 0.331 e. The number of hydrogen-bond donors (Lipinski definition) is 4. The van der Waals surface area contributed by atoms with E-state index < -0.39 is 53.8 Å². The second-order valence-electron chi connectivity index (χ2n) is 5.46. The first kappa shape index (κ1) is 21.7. The molecule has 0 fully saturated rings. The van der Waals surface area contributed by atoms with Gasteiger partial charge in [0.2, 0.25) is 17.7 Å². The number of nitrogens with two attached hydrogens (primary N) is 2. The lowest BCUT2D eigenvalue weighted by atomic mass is 10.0. The van der Waals surface area contributed by atoms with Gasteiger partial charge in [0.05, 0.1) is 24.1 Å². The largest absolute Gasteiger partial charge is 0.479 e. The standard InChI is InChI=1S/C15H19N5O7/c1-8(17)14(23)18-7-12(22)19(11(21)6-16)13(15(24)25)9-2-4-10(5-3-9)20(26)27/h2-5,8,13H,6-7,16-17H2,1H3,(H,18,23)(H,24,25). The lowest BCUT2D eigenvalue weighted by Gasteiger charge is -2.27. The van der Waals surface area contributed by atoms with Crippen LogP contribution in [-0.2, 0) is 19.2 Å². The van der Waals surface area contributed by atoms with Crippen LogP contribution in [0.1, 0.15) is 18.5 Å². The molecule has 6 N–H and O–H groups in total. The number of nitro groups is 1. The summed E-state index contributed by atoms with van der Waals surface area (Å²) in [6.07, 6.45) is 0. The van der Waals surface area contributed by atoms with Crippen LogP contribution in [0.25, 0.3) is 0 Å². The summed E-state index contributed by atoms with van der Waals surface area (Å²) in [4.78, 5) is 58.1. The summed E-state index contributed by atoms with van der Waals surface area (Å²) in [5.74, 6) is -4.26. The van der Waals surface area contributed by atoms with Crippen molar-refractivity contribution in [3.05, 3.63) is 39.9 Å². The average molecular weight is 381 g/mol. The molecule has 0 aromatic heterocycles. The second kappa shape index (κ2) is 9.35. The molecule has 3 amide bonds. The fourth-order valence-corrected chi connectivity index (χ4v) is 2.11. The molecule has 2 unspecified atom stereocenters. The van der Waals surface area contributed by atoms with Crippen LogP contribution in [0.2, 0.25) is 0 Å². The zero-order valence-electron chi connectivity index (χ0n) is 14.3. The van der Waals surface area contributed by atoms with Gasteiger partial charge in [-0.2, -0.15) is 0 Å². The van der Waals surface area contributed by atoms with Gasteiger partial charge in [-0.15, -0.1) is 0 Å². The Hall–Kier alpha value is -3.38. The lowest BCUT2D eigenvalue weighted by molar-refractivity contribution is -0.384. The third-order valence-corrected chi connectivity index (χ3v) is 3.45. The number of rotatable bonds is 8. The van der Waals surface area contributed by atoms with Crippen LogP contribution in [0.4, 0.5) is 5.69 Å². The van der Waals surface area contributed by atoms with E-state index in [0.29, 0.717) is 4.90 Å². The lowest BCUT2D eigenvalue weighted by Crippen LogP contribution is -2.51. The van der Waals surface area contributed by atoms with E-state index in [1.54, 1.807) is 0 Å². The molecule has 0 aliphatic carbocycles. The number of non-ortho nitro benzene ring substituents is 1. The number of hydrogen-bond acceptors (Lipinski definition) is 8. The number of nitro benzene ring substituents is 1. The van der Waals surface area contributed by atoms with E-state index >= 15 is 0 Å². The summed E-state index contributed by atoms with van der Waals surface area (Å²) in [5, 5.41) is 22.4. The van der Waals surface area contributed by atoms with Crippen molar-refractivity contribution in [1.29, 1.82) is 0 Å². The molecule has 0 spiro atoms. The Morgan fingerprint density at radius 2 is 1.78 bits per heavy atom. The maximum Gasteiger partial charge on any atom is 0.331 e. The molecule has 0 saturated heterocycles. The molecule has 12 heteroatoms. The van der Waals surface area contributed by atoms with E-state index in [0.717, 1.165) is 24.3 Å². The van der Waals surface area contributed by atoms with Crippen molar-refractivity contribution in [2.75, 3.05) is 13.1 Å². The van der Waals surface area contributed by atoms with Crippen molar-refractivity contribution in [3.63, 3.8) is 0 Å². The fraction of sp³-hybridized carbons (Fsp3) is 0.333. The zero-order chi connectivity index (χ0) is 20.7. The third-order valence-electron chi connectivity index (χ3n) is 3.45. The van der Waals surface area contributed by atoms with Crippen molar-refractivity contribution in [3.8, 4) is 0 Å². The van der Waals surface area contributed by atoms with Crippen LogP contribution in [0, 0.1) is 10.1 Å². The number of imide groups is 1. The summed E-state index contributed by atoms with van der Waals surface area (Å²) >= 11 is 0. The van der Waals surface area contributed by atoms with Crippen LogP contribution in [-0.4, -0.2) is 57.8 Å². The van der Waals surface area contributed by atoms with E-state index in [4.69, 9.17) is 11.5 Å². The molecule has 1 aromatic carbocycles. The van der Waals surface area contributed by atoms with Crippen LogP contribution >= 0.6 is 0 Å². The molecule has 1 rings (SSSR count). The molecule has 0 heterocycles. The summed E-state index contributed by atoms with van der Waals surface area (Å²) in [5.41, 5.74) is 10.3. The maximum atomic E-state index is 12.4. The number of carbonyl (C=O) groups is 4. The molecular formula is C15H19N5O7. The molecular weight excluding hydrogens is 362 g/mol. The second-order valence-corrected chi connectivity index (χ2v) is 5.46. The highest BCUT2D eigenvalue weighted by Crippen LogP contribution is 2.24. The number of amides is 3. The van der Waals surface area contributed by atoms with Crippen LogP contribution < -0.4 is 16.8 Å². The molecule has 0 saturated carbocycles. The van der Waals surface area contributed by atoms with Gasteiger partial charge in [-0.1, -0.05) is 0 Å². The molecule has 12 nitrogen and oxygen atoms in total. The highest BCUT2D eigenvalue weighted by Gasteiger charge is 2.35. The minimum absolute atomic E-state index is 0.0539. The maximum absolute atomic E-state index is 12.4. The third kappa shape index (κ3) is 5.55. The highest BCUT2D eigenvalue weighted by atomic mass is 16.6. The number of nitrogens with zero attached hydrogens (tertiary/aromatic N) is 2. The van der Waals surface area contributed by atoms with Gasteiger partial charge in [-0.05, 0) is 24.6 Å². The minimum Gasteiger partial charge on any atom is -0.479 e. The Balaban J connectivity index is 3.20. The van der Waals surface area contributed by atoms with Gasteiger partial charge >= 0.3 is 5.97 Å². The minimum atomic E-state index is -1.78. The van der Waals surface area contributed by atoms with Gasteiger partial charge in [-0.3, -0.25) is 29.4 Å². The monoisotopic (exact) mass is 381 g/mol. The van der Waals surface area contributed by atoms with Crippen molar-refractivity contribution in [2.24, 2.45) is 11.5 Å². The van der Waals surface area contributed by atoms with Crippen molar-refractivity contribution in [1.82, 2.24) is 10.2 Å². The molecule has 0 bridgehead atoms. The van der Waals surface area contributed by atoms with E-state index in [2.05, 4.69) is 5.32 Å². The Bertz CT molecular complexity index is 747. The molecule has 0 aliphatic heterocycles. The molecule has 1 aromatic rings. The quantitative estimate of drug-likeness (QED) is 0.305. The predicted octanol–water partition coefficient (Wildman–Crippen LogP) is -1.50. The summed E-state index contributed by atoms with van der Waals surface area (Å²) in [6.45, 7) is 0.0339. The Morgan fingerprint density at radius 1 is 1.22 bits per heavy atom.